The average molecular weight is 534 g/mol. The first-order valence-corrected chi connectivity index (χ1v) is 13.7. The number of Topliss-reactive ketones (excluding diaryl/α,β-unsaturated/α-hetero) is 1. The molecule has 3 unspecified atom stereocenters. The minimum atomic E-state index is -4.31. The number of rotatable bonds is 3. The van der Waals surface area contributed by atoms with Crippen molar-refractivity contribution in [2.75, 3.05) is 0 Å². The zero-order valence-corrected chi connectivity index (χ0v) is 22.2. The van der Waals surface area contributed by atoms with Crippen LogP contribution in [-0.4, -0.2) is 30.8 Å². The number of benzene rings is 2. The van der Waals surface area contributed by atoms with Crippen LogP contribution in [0, 0.1) is 10.8 Å². The summed E-state index contributed by atoms with van der Waals surface area (Å²) in [4.78, 5) is 26.1. The summed E-state index contributed by atoms with van der Waals surface area (Å²) in [6, 6.07) is 11.1. The van der Waals surface area contributed by atoms with E-state index in [1.807, 2.05) is 32.1 Å². The van der Waals surface area contributed by atoms with Crippen LogP contribution in [0.15, 0.2) is 82.5 Å². The lowest BCUT2D eigenvalue weighted by molar-refractivity contribution is -0.127. The summed E-state index contributed by atoms with van der Waals surface area (Å²) < 4.78 is 38.8. The highest BCUT2D eigenvalue weighted by Gasteiger charge is 2.64. The van der Waals surface area contributed by atoms with Crippen molar-refractivity contribution in [3.8, 4) is 5.75 Å². The number of carbonyl (C=O) groups is 2. The largest absolute Gasteiger partial charge is 0.477 e. The van der Waals surface area contributed by atoms with Crippen LogP contribution in [-0.2, 0) is 25.5 Å². The molecule has 0 saturated carbocycles. The fourth-order valence-electron chi connectivity index (χ4n) is 6.17. The SMILES string of the molecule is CC1=CC=C2C(C)(C)C(=O)C(OS(=O)(=O)c3ccccc3)=CC23Oc2c(ccc4c2C(O)NC4=O)CC13C. The predicted molar refractivity (Wildman–Crippen MR) is 137 cm³/mol. The van der Waals surface area contributed by atoms with E-state index in [9.17, 15) is 23.1 Å². The van der Waals surface area contributed by atoms with Gasteiger partial charge in [-0.15, -0.1) is 0 Å². The molecule has 9 heteroatoms. The molecule has 4 aliphatic rings. The number of ketones is 1. The third-order valence-corrected chi connectivity index (χ3v) is 9.74. The van der Waals surface area contributed by atoms with Gasteiger partial charge in [0.1, 0.15) is 10.6 Å². The molecule has 0 radical (unpaired) electrons. The van der Waals surface area contributed by atoms with Crippen LogP contribution in [0.5, 0.6) is 5.75 Å². The molecule has 2 aromatic carbocycles. The summed E-state index contributed by atoms with van der Waals surface area (Å²) in [5.74, 6) is -0.887. The smallest absolute Gasteiger partial charge is 0.339 e. The molecule has 2 aromatic rings. The van der Waals surface area contributed by atoms with Gasteiger partial charge in [-0.05, 0) is 56.5 Å². The molecule has 0 fully saturated rings. The van der Waals surface area contributed by atoms with Crippen molar-refractivity contribution in [2.45, 2.75) is 50.8 Å². The lowest BCUT2D eigenvalue weighted by atomic mass is 9.52. The first kappa shape index (κ1) is 24.6. The van der Waals surface area contributed by atoms with Crippen LogP contribution in [0.2, 0.25) is 0 Å². The number of nitrogens with one attached hydrogen (secondary N) is 1. The summed E-state index contributed by atoms with van der Waals surface area (Å²) in [7, 11) is -4.31. The number of hydrogen-bond acceptors (Lipinski definition) is 7. The van der Waals surface area contributed by atoms with E-state index in [0.717, 1.165) is 11.1 Å². The number of aliphatic hydroxyl groups excluding tert-OH is 1. The summed E-state index contributed by atoms with van der Waals surface area (Å²) in [6.45, 7) is 7.41. The van der Waals surface area contributed by atoms with E-state index >= 15 is 0 Å². The number of hydrogen-bond donors (Lipinski definition) is 2. The van der Waals surface area contributed by atoms with Crippen molar-refractivity contribution >= 4 is 21.8 Å². The lowest BCUT2D eigenvalue weighted by Crippen LogP contribution is -2.62. The highest BCUT2D eigenvalue weighted by atomic mass is 32.2. The molecule has 38 heavy (non-hydrogen) atoms. The summed E-state index contributed by atoms with van der Waals surface area (Å²) in [6.07, 6.45) is 4.49. The molecule has 0 bridgehead atoms. The van der Waals surface area contributed by atoms with E-state index in [4.69, 9.17) is 8.92 Å². The average Bonchev–Trinajstić information content (AvgIpc) is 3.16. The molecule has 0 aromatic heterocycles. The lowest BCUT2D eigenvalue weighted by Gasteiger charge is -2.58. The van der Waals surface area contributed by atoms with Crippen molar-refractivity contribution in [1.82, 2.24) is 5.32 Å². The standard InChI is InChI=1S/C29H27NO7S/c1-16-10-13-21-27(2,3)24(31)20(37-38(34,35)18-8-6-5-7-9-18)15-29(21)28(16,4)14-17-11-12-19-22(23(17)36-29)26(33)30-25(19)32/h5-13,15,26,33H,14H2,1-4H3,(H,30,32). The van der Waals surface area contributed by atoms with Gasteiger partial charge in [0.15, 0.2) is 17.6 Å². The van der Waals surface area contributed by atoms with Crippen LogP contribution in [0.4, 0.5) is 0 Å². The van der Waals surface area contributed by atoms with Crippen LogP contribution >= 0.6 is 0 Å². The fourth-order valence-corrected chi connectivity index (χ4v) is 7.12. The number of fused-ring (bicyclic) bond motifs is 3. The molecule has 0 saturated heterocycles. The van der Waals surface area contributed by atoms with Crippen LogP contribution < -0.4 is 10.1 Å². The Kier molecular flexibility index (Phi) is 4.98. The van der Waals surface area contributed by atoms with Gasteiger partial charge in [0.05, 0.1) is 16.5 Å². The van der Waals surface area contributed by atoms with Crippen molar-refractivity contribution in [3.63, 3.8) is 0 Å². The molecule has 1 spiro atoms. The maximum Gasteiger partial charge on any atom is 0.339 e. The number of aliphatic hydroxyl groups is 1. The van der Waals surface area contributed by atoms with Gasteiger partial charge in [-0.1, -0.05) is 48.9 Å². The van der Waals surface area contributed by atoms with E-state index in [1.54, 1.807) is 38.1 Å². The highest BCUT2D eigenvalue weighted by Crippen LogP contribution is 2.62. The topological polar surface area (TPSA) is 119 Å². The molecule has 2 aliphatic heterocycles. The molecule has 3 atom stereocenters. The molecule has 196 valence electrons. The Morgan fingerprint density at radius 2 is 1.76 bits per heavy atom. The Morgan fingerprint density at radius 3 is 2.47 bits per heavy atom. The molecular formula is C29H27NO7S. The number of ether oxygens (including phenoxy) is 1. The Balaban J connectivity index is 1.59. The van der Waals surface area contributed by atoms with E-state index in [2.05, 4.69) is 5.32 Å². The van der Waals surface area contributed by atoms with Gasteiger partial charge < -0.3 is 19.3 Å². The zero-order chi connectivity index (χ0) is 27.3. The van der Waals surface area contributed by atoms with Crippen LogP contribution in [0.1, 0.15) is 55.4 Å². The van der Waals surface area contributed by atoms with Gasteiger partial charge >= 0.3 is 10.1 Å². The van der Waals surface area contributed by atoms with Crippen molar-refractivity contribution < 1.29 is 32.0 Å². The van der Waals surface area contributed by atoms with Gasteiger partial charge in [-0.25, -0.2) is 0 Å². The fraction of sp³-hybridized carbons (Fsp3) is 0.310. The monoisotopic (exact) mass is 533 g/mol. The van der Waals surface area contributed by atoms with E-state index in [0.29, 0.717) is 28.9 Å². The molecular weight excluding hydrogens is 506 g/mol. The van der Waals surface area contributed by atoms with Gasteiger partial charge in [0.25, 0.3) is 5.91 Å². The Bertz CT molecular complexity index is 1630. The maximum absolute atomic E-state index is 13.7. The van der Waals surface area contributed by atoms with Crippen molar-refractivity contribution in [2.24, 2.45) is 10.8 Å². The van der Waals surface area contributed by atoms with Gasteiger partial charge in [-0.3, -0.25) is 9.59 Å². The van der Waals surface area contributed by atoms with Crippen molar-refractivity contribution in [1.29, 1.82) is 0 Å². The zero-order valence-electron chi connectivity index (χ0n) is 21.4. The second kappa shape index (κ2) is 7.68. The maximum atomic E-state index is 13.7. The molecule has 2 heterocycles. The number of amides is 1. The first-order valence-electron chi connectivity index (χ1n) is 12.3. The first-order chi connectivity index (χ1) is 17.8. The van der Waals surface area contributed by atoms with E-state index < -0.39 is 44.5 Å². The van der Waals surface area contributed by atoms with Gasteiger partial charge in [-0.2, -0.15) is 8.42 Å². The molecule has 6 rings (SSSR count). The molecule has 2 aliphatic carbocycles. The highest BCUT2D eigenvalue weighted by molar-refractivity contribution is 7.86. The van der Waals surface area contributed by atoms with Crippen LogP contribution in [0.25, 0.3) is 0 Å². The number of carbonyl (C=O) groups excluding carboxylic acids is 2. The molecule has 1 amide bonds. The molecule has 2 N–H and O–H groups in total. The van der Waals surface area contributed by atoms with E-state index in [1.165, 1.54) is 18.2 Å². The normalized spacial score (nSPS) is 28.9. The van der Waals surface area contributed by atoms with Gasteiger partial charge in [0, 0.05) is 11.5 Å². The van der Waals surface area contributed by atoms with Gasteiger partial charge in [0.2, 0.25) is 5.78 Å². The summed E-state index contributed by atoms with van der Waals surface area (Å²) in [5.41, 5.74) is -0.196. The minimum Gasteiger partial charge on any atom is -0.477 e. The molecule has 8 nitrogen and oxygen atoms in total. The third-order valence-electron chi connectivity index (χ3n) is 8.49. The number of allylic oxidation sites excluding steroid dienone is 3. The third kappa shape index (κ3) is 3.09. The quantitative estimate of drug-likeness (QED) is 0.575. The summed E-state index contributed by atoms with van der Waals surface area (Å²) in [5, 5.41) is 13.2. The predicted octanol–water partition coefficient (Wildman–Crippen LogP) is 3.89. The second-order valence-corrected chi connectivity index (χ2v) is 12.5. The Labute approximate surface area is 220 Å². The van der Waals surface area contributed by atoms with Crippen LogP contribution in [0.3, 0.4) is 0 Å². The summed E-state index contributed by atoms with van der Waals surface area (Å²) >= 11 is 0. The van der Waals surface area contributed by atoms with Crippen molar-refractivity contribution in [3.05, 3.63) is 94.3 Å². The minimum absolute atomic E-state index is 0.0757. The second-order valence-electron chi connectivity index (χ2n) is 11.0. The van der Waals surface area contributed by atoms with E-state index in [-0.39, 0.29) is 10.7 Å². The Hall–Kier alpha value is -3.69. The Morgan fingerprint density at radius 1 is 1.05 bits per heavy atom.